The molecule has 1 unspecified atom stereocenters. The van der Waals surface area contributed by atoms with E-state index in [2.05, 4.69) is 0 Å². The van der Waals surface area contributed by atoms with E-state index in [-0.39, 0.29) is 11.7 Å². The fourth-order valence-electron chi connectivity index (χ4n) is 1.83. The van der Waals surface area contributed by atoms with Gasteiger partial charge in [0.1, 0.15) is 5.82 Å². The molecule has 1 atom stereocenters. The van der Waals surface area contributed by atoms with E-state index < -0.39 is 0 Å². The van der Waals surface area contributed by atoms with E-state index in [0.717, 1.165) is 11.1 Å². The number of benzene rings is 2. The fourth-order valence-corrected chi connectivity index (χ4v) is 1.83. The SMILES string of the molecule is CC(CN)c1ccc(-c2ccccc2)c(F)c1. The summed E-state index contributed by atoms with van der Waals surface area (Å²) in [5.41, 5.74) is 8.07. The molecule has 2 heteroatoms. The van der Waals surface area contributed by atoms with Crippen LogP contribution in [0.25, 0.3) is 11.1 Å². The summed E-state index contributed by atoms with van der Waals surface area (Å²) in [4.78, 5) is 0. The number of nitrogens with two attached hydrogens (primary N) is 1. The topological polar surface area (TPSA) is 26.0 Å². The van der Waals surface area contributed by atoms with Crippen molar-refractivity contribution in [1.82, 2.24) is 0 Å². The van der Waals surface area contributed by atoms with Gasteiger partial charge in [0.15, 0.2) is 0 Å². The van der Waals surface area contributed by atoms with Crippen LogP contribution in [0.3, 0.4) is 0 Å². The first-order valence-electron chi connectivity index (χ1n) is 5.77. The molecule has 0 aromatic heterocycles. The van der Waals surface area contributed by atoms with Crippen molar-refractivity contribution in [3.05, 3.63) is 59.9 Å². The summed E-state index contributed by atoms with van der Waals surface area (Å²) in [5.74, 6) is 0.00308. The molecule has 0 radical (unpaired) electrons. The first-order valence-corrected chi connectivity index (χ1v) is 5.77. The van der Waals surface area contributed by atoms with Gasteiger partial charge in [0.05, 0.1) is 0 Å². The van der Waals surface area contributed by atoms with E-state index in [1.807, 2.05) is 49.4 Å². The molecular formula is C15H16FN. The first-order chi connectivity index (χ1) is 8.22. The average Bonchev–Trinajstić information content (AvgIpc) is 2.38. The van der Waals surface area contributed by atoms with Crippen molar-refractivity contribution >= 4 is 0 Å². The Morgan fingerprint density at radius 2 is 1.82 bits per heavy atom. The number of hydrogen-bond donors (Lipinski definition) is 1. The Balaban J connectivity index is 2.39. The Kier molecular flexibility index (Phi) is 3.55. The maximum absolute atomic E-state index is 14.0. The highest BCUT2D eigenvalue weighted by atomic mass is 19.1. The Morgan fingerprint density at radius 1 is 1.12 bits per heavy atom. The third-order valence-corrected chi connectivity index (χ3v) is 3.00. The monoisotopic (exact) mass is 229 g/mol. The molecule has 0 amide bonds. The average molecular weight is 229 g/mol. The van der Waals surface area contributed by atoms with E-state index in [9.17, 15) is 4.39 Å². The van der Waals surface area contributed by atoms with Gasteiger partial charge in [-0.1, -0.05) is 49.4 Å². The molecule has 88 valence electrons. The molecule has 0 aliphatic rings. The Bertz CT molecular complexity index is 494. The highest BCUT2D eigenvalue weighted by Crippen LogP contribution is 2.25. The van der Waals surface area contributed by atoms with Gasteiger partial charge in [-0.05, 0) is 29.7 Å². The second kappa shape index (κ2) is 5.11. The summed E-state index contributed by atoms with van der Waals surface area (Å²) in [6, 6.07) is 14.9. The van der Waals surface area contributed by atoms with Crippen molar-refractivity contribution in [3.63, 3.8) is 0 Å². The third-order valence-electron chi connectivity index (χ3n) is 3.00. The van der Waals surface area contributed by atoms with E-state index in [0.29, 0.717) is 12.1 Å². The largest absolute Gasteiger partial charge is 0.330 e. The Morgan fingerprint density at radius 3 is 2.41 bits per heavy atom. The van der Waals surface area contributed by atoms with Crippen molar-refractivity contribution in [1.29, 1.82) is 0 Å². The quantitative estimate of drug-likeness (QED) is 0.855. The summed E-state index contributed by atoms with van der Waals surface area (Å²) in [7, 11) is 0. The normalized spacial score (nSPS) is 12.4. The summed E-state index contributed by atoms with van der Waals surface area (Å²) < 4.78 is 14.0. The van der Waals surface area contributed by atoms with Gasteiger partial charge in [0, 0.05) is 5.56 Å². The zero-order chi connectivity index (χ0) is 12.3. The molecule has 1 nitrogen and oxygen atoms in total. The van der Waals surface area contributed by atoms with Crippen LogP contribution in [0.4, 0.5) is 4.39 Å². The maximum atomic E-state index is 14.0. The van der Waals surface area contributed by atoms with Crippen LogP contribution in [0.1, 0.15) is 18.4 Å². The molecule has 0 saturated carbocycles. The molecule has 2 rings (SSSR count). The minimum absolute atomic E-state index is 0.186. The van der Waals surface area contributed by atoms with Gasteiger partial charge in [-0.2, -0.15) is 0 Å². The van der Waals surface area contributed by atoms with Crippen molar-refractivity contribution in [3.8, 4) is 11.1 Å². The van der Waals surface area contributed by atoms with Crippen molar-refractivity contribution in [2.24, 2.45) is 5.73 Å². The minimum atomic E-state index is -0.186. The molecule has 0 aliphatic carbocycles. The van der Waals surface area contributed by atoms with Crippen LogP contribution in [0.2, 0.25) is 0 Å². The molecule has 17 heavy (non-hydrogen) atoms. The van der Waals surface area contributed by atoms with Crippen molar-refractivity contribution < 1.29 is 4.39 Å². The lowest BCUT2D eigenvalue weighted by Gasteiger charge is -2.11. The molecule has 2 N–H and O–H groups in total. The molecule has 0 spiro atoms. The number of rotatable bonds is 3. The first kappa shape index (κ1) is 11.8. The van der Waals surface area contributed by atoms with Gasteiger partial charge in [0.25, 0.3) is 0 Å². The molecule has 0 bridgehead atoms. The molecule has 0 aliphatic heterocycles. The number of halogens is 1. The molecule has 0 heterocycles. The third kappa shape index (κ3) is 2.53. The van der Waals surface area contributed by atoms with Crippen LogP contribution < -0.4 is 5.73 Å². The van der Waals surface area contributed by atoms with Gasteiger partial charge in [-0.3, -0.25) is 0 Å². The summed E-state index contributed by atoms with van der Waals surface area (Å²) in [6.07, 6.45) is 0. The van der Waals surface area contributed by atoms with Gasteiger partial charge in [-0.25, -0.2) is 4.39 Å². The Labute approximate surface area is 101 Å². The summed E-state index contributed by atoms with van der Waals surface area (Å²) in [6.45, 7) is 2.53. The smallest absolute Gasteiger partial charge is 0.131 e. The zero-order valence-corrected chi connectivity index (χ0v) is 9.86. The second-order valence-electron chi connectivity index (χ2n) is 4.24. The highest BCUT2D eigenvalue weighted by Gasteiger charge is 2.09. The lowest BCUT2D eigenvalue weighted by molar-refractivity contribution is 0.625. The van der Waals surface area contributed by atoms with Gasteiger partial charge in [0.2, 0.25) is 0 Å². The predicted molar refractivity (Wildman–Crippen MR) is 69.3 cm³/mol. The van der Waals surface area contributed by atoms with Crippen molar-refractivity contribution in [2.45, 2.75) is 12.8 Å². The van der Waals surface area contributed by atoms with Crippen LogP contribution in [0.5, 0.6) is 0 Å². The van der Waals surface area contributed by atoms with Gasteiger partial charge < -0.3 is 5.73 Å². The zero-order valence-electron chi connectivity index (χ0n) is 9.86. The molecule has 0 saturated heterocycles. The Hall–Kier alpha value is -1.67. The maximum Gasteiger partial charge on any atom is 0.131 e. The van der Waals surface area contributed by atoms with E-state index in [1.54, 1.807) is 6.07 Å². The van der Waals surface area contributed by atoms with Crippen LogP contribution in [0, 0.1) is 5.82 Å². The fraction of sp³-hybridized carbons (Fsp3) is 0.200. The van der Waals surface area contributed by atoms with E-state index >= 15 is 0 Å². The molecule has 2 aromatic rings. The molecule has 0 fully saturated rings. The second-order valence-corrected chi connectivity index (χ2v) is 4.24. The van der Waals surface area contributed by atoms with Gasteiger partial charge >= 0.3 is 0 Å². The lowest BCUT2D eigenvalue weighted by Crippen LogP contribution is -2.09. The van der Waals surface area contributed by atoms with E-state index in [1.165, 1.54) is 0 Å². The standard InChI is InChI=1S/C15H16FN/c1-11(10-17)13-7-8-14(15(16)9-13)12-5-3-2-4-6-12/h2-9,11H,10,17H2,1H3. The molecule has 2 aromatic carbocycles. The van der Waals surface area contributed by atoms with Crippen LogP contribution in [-0.2, 0) is 0 Å². The van der Waals surface area contributed by atoms with Gasteiger partial charge in [-0.15, -0.1) is 0 Å². The van der Waals surface area contributed by atoms with Crippen LogP contribution in [0.15, 0.2) is 48.5 Å². The van der Waals surface area contributed by atoms with Crippen LogP contribution in [-0.4, -0.2) is 6.54 Å². The summed E-state index contributed by atoms with van der Waals surface area (Å²) >= 11 is 0. The number of hydrogen-bond acceptors (Lipinski definition) is 1. The van der Waals surface area contributed by atoms with Crippen molar-refractivity contribution in [2.75, 3.05) is 6.54 Å². The lowest BCUT2D eigenvalue weighted by atomic mass is 9.97. The highest BCUT2D eigenvalue weighted by molar-refractivity contribution is 5.64. The van der Waals surface area contributed by atoms with E-state index in [4.69, 9.17) is 5.73 Å². The minimum Gasteiger partial charge on any atom is -0.330 e. The van der Waals surface area contributed by atoms with Crippen LogP contribution >= 0.6 is 0 Å². The molecular weight excluding hydrogens is 213 g/mol. The summed E-state index contributed by atoms with van der Waals surface area (Å²) in [5, 5.41) is 0. The predicted octanol–water partition coefficient (Wildman–Crippen LogP) is 3.55.